The van der Waals surface area contributed by atoms with E-state index in [1.165, 1.54) is 0 Å². The predicted octanol–water partition coefficient (Wildman–Crippen LogP) is 1.82. The van der Waals surface area contributed by atoms with Gasteiger partial charge in [0.2, 0.25) is 0 Å². The fraction of sp³-hybridized carbons (Fsp3) is 0.455. The number of benzene rings is 1. The number of nitrogens with two attached hydrogens (primary N) is 1. The summed E-state index contributed by atoms with van der Waals surface area (Å²) in [5.74, 6) is 0. The van der Waals surface area contributed by atoms with Crippen molar-refractivity contribution in [2.75, 3.05) is 26.1 Å². The summed E-state index contributed by atoms with van der Waals surface area (Å²) in [4.78, 5) is 0. The number of ether oxygens (including phenoxy) is 2. The monoisotopic (exact) mass is 195 g/mol. The van der Waals surface area contributed by atoms with Crippen LogP contribution in [0.1, 0.15) is 12.0 Å². The summed E-state index contributed by atoms with van der Waals surface area (Å²) in [5.41, 5.74) is 7.53. The van der Waals surface area contributed by atoms with Gasteiger partial charge in [-0.1, -0.05) is 12.1 Å². The molecule has 78 valence electrons. The van der Waals surface area contributed by atoms with Crippen LogP contribution in [0.4, 0.5) is 5.69 Å². The topological polar surface area (TPSA) is 44.5 Å². The van der Waals surface area contributed by atoms with E-state index in [0.717, 1.165) is 30.9 Å². The van der Waals surface area contributed by atoms with Gasteiger partial charge in [0.1, 0.15) is 0 Å². The predicted molar refractivity (Wildman–Crippen MR) is 57.0 cm³/mol. The second-order valence-electron chi connectivity index (χ2n) is 3.14. The van der Waals surface area contributed by atoms with E-state index >= 15 is 0 Å². The minimum absolute atomic E-state index is 0.620. The maximum Gasteiger partial charge on any atom is 0.0717 e. The van der Waals surface area contributed by atoms with Gasteiger partial charge in [-0.15, -0.1) is 0 Å². The zero-order chi connectivity index (χ0) is 10.2. The second-order valence-corrected chi connectivity index (χ2v) is 3.14. The number of rotatable bonds is 6. The number of anilines is 1. The van der Waals surface area contributed by atoms with Crippen LogP contribution in [0.5, 0.6) is 0 Å². The van der Waals surface area contributed by atoms with Gasteiger partial charge in [-0.3, -0.25) is 0 Å². The smallest absolute Gasteiger partial charge is 0.0717 e. The number of methoxy groups -OCH3 is 1. The van der Waals surface area contributed by atoms with E-state index in [1.54, 1.807) is 7.11 Å². The quantitative estimate of drug-likeness (QED) is 0.556. The molecule has 0 unspecified atom stereocenters. The molecule has 14 heavy (non-hydrogen) atoms. The highest BCUT2D eigenvalue weighted by molar-refractivity contribution is 5.40. The molecular weight excluding hydrogens is 178 g/mol. The largest absolute Gasteiger partial charge is 0.399 e. The van der Waals surface area contributed by atoms with Crippen molar-refractivity contribution in [2.24, 2.45) is 0 Å². The molecule has 0 spiro atoms. The van der Waals surface area contributed by atoms with Gasteiger partial charge in [-0.2, -0.15) is 0 Å². The molecule has 0 saturated heterocycles. The Kier molecular flexibility index (Phi) is 5.04. The molecule has 0 amide bonds. The van der Waals surface area contributed by atoms with Crippen molar-refractivity contribution < 1.29 is 9.47 Å². The van der Waals surface area contributed by atoms with Crippen LogP contribution in [0.2, 0.25) is 0 Å². The second kappa shape index (κ2) is 6.40. The summed E-state index contributed by atoms with van der Waals surface area (Å²) < 4.78 is 10.4. The van der Waals surface area contributed by atoms with Crippen LogP contribution in [0.3, 0.4) is 0 Å². The third-order valence-corrected chi connectivity index (χ3v) is 1.86. The van der Waals surface area contributed by atoms with Crippen LogP contribution in [0, 0.1) is 0 Å². The highest BCUT2D eigenvalue weighted by Crippen LogP contribution is 2.07. The van der Waals surface area contributed by atoms with Gasteiger partial charge < -0.3 is 15.2 Å². The summed E-state index contributed by atoms with van der Waals surface area (Å²) in [6.07, 6.45) is 0.929. The van der Waals surface area contributed by atoms with Gasteiger partial charge >= 0.3 is 0 Å². The van der Waals surface area contributed by atoms with Gasteiger partial charge in [0.25, 0.3) is 0 Å². The third kappa shape index (κ3) is 4.25. The van der Waals surface area contributed by atoms with Gasteiger partial charge in [0, 0.05) is 26.0 Å². The first-order valence-corrected chi connectivity index (χ1v) is 4.74. The molecule has 2 N–H and O–H groups in total. The molecule has 0 radical (unpaired) electrons. The Hall–Kier alpha value is -1.06. The van der Waals surface area contributed by atoms with Crippen LogP contribution in [-0.4, -0.2) is 20.3 Å². The molecule has 0 saturated carbocycles. The first kappa shape index (κ1) is 11.0. The Morgan fingerprint density at radius 1 is 1.29 bits per heavy atom. The van der Waals surface area contributed by atoms with Gasteiger partial charge in [0.15, 0.2) is 0 Å². The Bertz CT molecular complexity index is 263. The molecule has 0 aromatic heterocycles. The maximum absolute atomic E-state index is 5.63. The summed E-state index contributed by atoms with van der Waals surface area (Å²) in [6.45, 7) is 2.09. The minimum Gasteiger partial charge on any atom is -0.399 e. The van der Waals surface area contributed by atoms with Crippen molar-refractivity contribution in [1.82, 2.24) is 0 Å². The standard InChI is InChI=1S/C11H17NO2/c1-13-6-3-7-14-9-10-4-2-5-11(12)8-10/h2,4-5,8H,3,6-7,9,12H2,1H3. The van der Waals surface area contributed by atoms with E-state index in [0.29, 0.717) is 6.61 Å². The van der Waals surface area contributed by atoms with E-state index in [2.05, 4.69) is 0 Å². The Balaban J connectivity index is 2.18. The molecule has 3 heteroatoms. The van der Waals surface area contributed by atoms with Crippen molar-refractivity contribution in [1.29, 1.82) is 0 Å². The lowest BCUT2D eigenvalue weighted by Gasteiger charge is -2.04. The lowest BCUT2D eigenvalue weighted by atomic mass is 10.2. The molecule has 1 rings (SSSR count). The van der Waals surface area contributed by atoms with Gasteiger partial charge in [0.05, 0.1) is 6.61 Å². The molecule has 0 atom stereocenters. The lowest BCUT2D eigenvalue weighted by molar-refractivity contribution is 0.0929. The fourth-order valence-electron chi connectivity index (χ4n) is 1.18. The molecule has 0 aliphatic carbocycles. The van der Waals surface area contributed by atoms with Crippen LogP contribution >= 0.6 is 0 Å². The van der Waals surface area contributed by atoms with Crippen LogP contribution < -0.4 is 5.73 Å². The SMILES string of the molecule is COCCCOCc1cccc(N)c1. The van der Waals surface area contributed by atoms with E-state index in [4.69, 9.17) is 15.2 Å². The van der Waals surface area contributed by atoms with Crippen LogP contribution in [-0.2, 0) is 16.1 Å². The fourth-order valence-corrected chi connectivity index (χ4v) is 1.18. The Labute approximate surface area is 84.8 Å². The zero-order valence-electron chi connectivity index (χ0n) is 8.53. The van der Waals surface area contributed by atoms with Crippen molar-refractivity contribution >= 4 is 5.69 Å². The number of hydrogen-bond donors (Lipinski definition) is 1. The highest BCUT2D eigenvalue weighted by Gasteiger charge is 1.93. The zero-order valence-corrected chi connectivity index (χ0v) is 8.53. The van der Waals surface area contributed by atoms with E-state index in [-0.39, 0.29) is 0 Å². The summed E-state index contributed by atoms with van der Waals surface area (Å²) in [7, 11) is 1.69. The van der Waals surface area contributed by atoms with Crippen molar-refractivity contribution in [3.63, 3.8) is 0 Å². The lowest BCUT2D eigenvalue weighted by Crippen LogP contribution is -1.99. The molecule has 0 bridgehead atoms. The Morgan fingerprint density at radius 3 is 2.86 bits per heavy atom. The van der Waals surface area contributed by atoms with Gasteiger partial charge in [-0.25, -0.2) is 0 Å². The summed E-state index contributed by atoms with van der Waals surface area (Å²) in [5, 5.41) is 0. The first-order chi connectivity index (χ1) is 6.83. The van der Waals surface area contributed by atoms with Gasteiger partial charge in [-0.05, 0) is 24.1 Å². The molecule has 0 aliphatic heterocycles. The Morgan fingerprint density at radius 2 is 2.14 bits per heavy atom. The maximum atomic E-state index is 5.63. The van der Waals surface area contributed by atoms with Crippen molar-refractivity contribution in [3.8, 4) is 0 Å². The molecule has 1 aromatic rings. The highest BCUT2D eigenvalue weighted by atomic mass is 16.5. The molecule has 0 fully saturated rings. The number of hydrogen-bond acceptors (Lipinski definition) is 3. The summed E-state index contributed by atoms with van der Waals surface area (Å²) >= 11 is 0. The normalized spacial score (nSPS) is 10.4. The molecule has 3 nitrogen and oxygen atoms in total. The average molecular weight is 195 g/mol. The molecular formula is C11H17NO2. The van der Waals surface area contributed by atoms with Crippen molar-refractivity contribution in [2.45, 2.75) is 13.0 Å². The third-order valence-electron chi connectivity index (χ3n) is 1.86. The molecule has 0 heterocycles. The average Bonchev–Trinajstić information content (AvgIpc) is 2.18. The van der Waals surface area contributed by atoms with E-state index in [9.17, 15) is 0 Å². The van der Waals surface area contributed by atoms with Crippen LogP contribution in [0.25, 0.3) is 0 Å². The first-order valence-electron chi connectivity index (χ1n) is 4.74. The summed E-state index contributed by atoms with van der Waals surface area (Å²) in [6, 6.07) is 7.74. The number of nitrogen functional groups attached to an aromatic ring is 1. The van der Waals surface area contributed by atoms with E-state index in [1.807, 2.05) is 24.3 Å². The van der Waals surface area contributed by atoms with Crippen LogP contribution in [0.15, 0.2) is 24.3 Å². The van der Waals surface area contributed by atoms with Crippen molar-refractivity contribution in [3.05, 3.63) is 29.8 Å². The molecule has 0 aliphatic rings. The molecule has 1 aromatic carbocycles. The minimum atomic E-state index is 0.620. The van der Waals surface area contributed by atoms with E-state index < -0.39 is 0 Å².